The predicted molar refractivity (Wildman–Crippen MR) is 83.6 cm³/mol. The summed E-state index contributed by atoms with van der Waals surface area (Å²) in [5.41, 5.74) is 2.32. The van der Waals surface area contributed by atoms with Crippen LogP contribution in [0.15, 0.2) is 24.3 Å². The zero-order valence-corrected chi connectivity index (χ0v) is 12.9. The summed E-state index contributed by atoms with van der Waals surface area (Å²) >= 11 is 0. The fourth-order valence-electron chi connectivity index (χ4n) is 3.07. The number of hydrogen-bond acceptors (Lipinski definition) is 3. The average Bonchev–Trinajstić information content (AvgIpc) is 2.49. The van der Waals surface area contributed by atoms with Crippen molar-refractivity contribution in [3.63, 3.8) is 0 Å². The third kappa shape index (κ3) is 4.30. The van der Waals surface area contributed by atoms with E-state index in [4.69, 9.17) is 5.11 Å². The van der Waals surface area contributed by atoms with Gasteiger partial charge in [-0.15, -0.1) is 0 Å². The molecule has 1 saturated heterocycles. The Morgan fingerprint density at radius 1 is 1.15 bits per heavy atom. The Morgan fingerprint density at radius 2 is 1.75 bits per heavy atom. The van der Waals surface area contributed by atoms with Gasteiger partial charge in [-0.1, -0.05) is 31.2 Å². The van der Waals surface area contributed by atoms with Gasteiger partial charge in [-0.05, 0) is 57.1 Å². The third-order valence-corrected chi connectivity index (χ3v) is 4.36. The van der Waals surface area contributed by atoms with Crippen molar-refractivity contribution in [3.8, 4) is 0 Å². The van der Waals surface area contributed by atoms with E-state index in [1.807, 2.05) is 12.1 Å². The van der Waals surface area contributed by atoms with Gasteiger partial charge in [-0.25, -0.2) is 0 Å². The van der Waals surface area contributed by atoms with Gasteiger partial charge in [-0.2, -0.15) is 0 Å². The predicted octanol–water partition coefficient (Wildman–Crippen LogP) is 2.49. The van der Waals surface area contributed by atoms with Crippen LogP contribution >= 0.6 is 0 Å². The Labute approximate surface area is 123 Å². The molecule has 0 saturated carbocycles. The molecule has 3 heteroatoms. The lowest BCUT2D eigenvalue weighted by atomic mass is 10.0. The van der Waals surface area contributed by atoms with Crippen molar-refractivity contribution >= 4 is 0 Å². The topological polar surface area (TPSA) is 26.7 Å². The second-order valence-electron chi connectivity index (χ2n) is 5.96. The molecular weight excluding hydrogens is 248 g/mol. The van der Waals surface area contributed by atoms with Gasteiger partial charge in [-0.3, -0.25) is 4.90 Å². The molecule has 1 aromatic carbocycles. The number of aliphatic hydroxyl groups is 1. The number of rotatable bonds is 6. The molecule has 0 unspecified atom stereocenters. The molecule has 1 fully saturated rings. The minimum absolute atomic E-state index is 0.131. The molecule has 0 bridgehead atoms. The summed E-state index contributed by atoms with van der Waals surface area (Å²) < 4.78 is 0. The van der Waals surface area contributed by atoms with Crippen LogP contribution in [0.4, 0.5) is 0 Å². The highest BCUT2D eigenvalue weighted by Crippen LogP contribution is 2.18. The van der Waals surface area contributed by atoms with Crippen LogP contribution < -0.4 is 0 Å². The molecule has 20 heavy (non-hydrogen) atoms. The van der Waals surface area contributed by atoms with Crippen molar-refractivity contribution in [1.29, 1.82) is 0 Å². The van der Waals surface area contributed by atoms with Crippen molar-refractivity contribution in [2.24, 2.45) is 0 Å². The number of benzene rings is 1. The molecular formula is C17H28N2O. The van der Waals surface area contributed by atoms with E-state index in [0.29, 0.717) is 6.04 Å². The normalized spacial score (nSPS) is 17.8. The summed E-state index contributed by atoms with van der Waals surface area (Å²) in [6, 6.07) is 9.02. The molecule has 1 aliphatic heterocycles. The Morgan fingerprint density at radius 3 is 2.30 bits per heavy atom. The summed E-state index contributed by atoms with van der Waals surface area (Å²) in [4.78, 5) is 5.07. The first-order valence-corrected chi connectivity index (χ1v) is 7.84. The number of aliphatic hydroxyl groups excluding tert-OH is 1. The Hall–Kier alpha value is -0.900. The van der Waals surface area contributed by atoms with E-state index in [1.54, 1.807) is 0 Å². The van der Waals surface area contributed by atoms with E-state index in [0.717, 1.165) is 12.1 Å². The smallest absolute Gasteiger partial charge is 0.0681 e. The zero-order chi connectivity index (χ0) is 14.4. The van der Waals surface area contributed by atoms with Crippen molar-refractivity contribution in [3.05, 3.63) is 35.4 Å². The fraction of sp³-hybridized carbons (Fsp3) is 0.647. The summed E-state index contributed by atoms with van der Waals surface area (Å²) in [5.74, 6) is 0. The summed E-state index contributed by atoms with van der Waals surface area (Å²) in [5, 5.41) is 9.07. The maximum Gasteiger partial charge on any atom is 0.0681 e. The Bertz CT molecular complexity index is 382. The Balaban J connectivity index is 1.81. The van der Waals surface area contributed by atoms with Gasteiger partial charge in [0.2, 0.25) is 0 Å². The number of likely N-dealkylation sites (tertiary alicyclic amines) is 1. The van der Waals surface area contributed by atoms with Gasteiger partial charge >= 0.3 is 0 Å². The molecule has 0 radical (unpaired) electrons. The lowest BCUT2D eigenvalue weighted by Crippen LogP contribution is -2.43. The van der Waals surface area contributed by atoms with Crippen LogP contribution in [0.25, 0.3) is 0 Å². The minimum atomic E-state index is 0.131. The number of piperidine rings is 1. The molecule has 1 aromatic rings. The van der Waals surface area contributed by atoms with Crippen LogP contribution in [0.5, 0.6) is 0 Å². The van der Waals surface area contributed by atoms with Crippen LogP contribution in [0, 0.1) is 0 Å². The van der Waals surface area contributed by atoms with Crippen molar-refractivity contribution in [2.45, 2.75) is 45.4 Å². The van der Waals surface area contributed by atoms with Crippen molar-refractivity contribution in [2.75, 3.05) is 26.7 Å². The highest BCUT2D eigenvalue weighted by molar-refractivity contribution is 5.21. The zero-order valence-electron chi connectivity index (χ0n) is 12.9. The maximum absolute atomic E-state index is 9.07. The fourth-order valence-corrected chi connectivity index (χ4v) is 3.07. The summed E-state index contributed by atoms with van der Waals surface area (Å²) in [6.07, 6.45) is 3.83. The first-order valence-electron chi connectivity index (χ1n) is 7.84. The molecule has 1 N–H and O–H groups in total. The third-order valence-electron chi connectivity index (χ3n) is 4.36. The molecule has 0 atom stereocenters. The molecule has 112 valence electrons. The molecule has 0 amide bonds. The van der Waals surface area contributed by atoms with E-state index < -0.39 is 0 Å². The van der Waals surface area contributed by atoms with E-state index in [9.17, 15) is 0 Å². The van der Waals surface area contributed by atoms with Crippen LogP contribution in [-0.4, -0.2) is 47.6 Å². The first-order chi connectivity index (χ1) is 9.72. The highest BCUT2D eigenvalue weighted by Gasteiger charge is 2.21. The summed E-state index contributed by atoms with van der Waals surface area (Å²) in [7, 11) is 2.24. The van der Waals surface area contributed by atoms with Crippen LogP contribution in [0.3, 0.4) is 0 Å². The van der Waals surface area contributed by atoms with E-state index in [1.165, 1.54) is 44.5 Å². The molecule has 0 aromatic heterocycles. The van der Waals surface area contributed by atoms with Crippen LogP contribution in [-0.2, 0) is 13.2 Å². The quantitative estimate of drug-likeness (QED) is 0.865. The first kappa shape index (κ1) is 15.5. The molecule has 1 heterocycles. The van der Waals surface area contributed by atoms with Gasteiger partial charge in [0, 0.05) is 12.6 Å². The van der Waals surface area contributed by atoms with Gasteiger partial charge in [0.1, 0.15) is 0 Å². The number of nitrogens with zero attached hydrogens (tertiary/aromatic N) is 2. The van der Waals surface area contributed by atoms with E-state index in [-0.39, 0.29) is 6.61 Å². The lowest BCUT2D eigenvalue weighted by molar-refractivity contribution is 0.123. The summed E-state index contributed by atoms with van der Waals surface area (Å²) in [6.45, 7) is 7.13. The standard InChI is InChI=1S/C17H28N2O/c1-3-10-19-11-8-17(9-12-19)18(2)13-15-4-6-16(14-20)7-5-15/h4-7,17,20H,3,8-14H2,1-2H3. The number of hydrogen-bond donors (Lipinski definition) is 1. The Kier molecular flexibility index (Phi) is 6.02. The van der Waals surface area contributed by atoms with Gasteiger partial charge < -0.3 is 10.0 Å². The van der Waals surface area contributed by atoms with E-state index >= 15 is 0 Å². The van der Waals surface area contributed by atoms with E-state index in [2.05, 4.69) is 35.9 Å². The molecule has 0 aliphatic carbocycles. The van der Waals surface area contributed by atoms with Gasteiger partial charge in [0.15, 0.2) is 0 Å². The maximum atomic E-state index is 9.07. The average molecular weight is 276 g/mol. The van der Waals surface area contributed by atoms with Crippen LogP contribution in [0.2, 0.25) is 0 Å². The van der Waals surface area contributed by atoms with Crippen LogP contribution in [0.1, 0.15) is 37.3 Å². The molecule has 2 rings (SSSR count). The lowest BCUT2D eigenvalue weighted by Gasteiger charge is -2.36. The second kappa shape index (κ2) is 7.77. The van der Waals surface area contributed by atoms with Gasteiger partial charge in [0.25, 0.3) is 0 Å². The molecule has 0 spiro atoms. The van der Waals surface area contributed by atoms with Gasteiger partial charge in [0.05, 0.1) is 6.61 Å². The molecule has 3 nitrogen and oxygen atoms in total. The van der Waals surface area contributed by atoms with Crippen molar-refractivity contribution in [1.82, 2.24) is 9.80 Å². The second-order valence-corrected chi connectivity index (χ2v) is 5.96. The largest absolute Gasteiger partial charge is 0.392 e. The minimum Gasteiger partial charge on any atom is -0.392 e. The SMILES string of the molecule is CCCN1CCC(N(C)Cc2ccc(CO)cc2)CC1. The highest BCUT2D eigenvalue weighted by atomic mass is 16.3. The van der Waals surface area contributed by atoms with Crippen molar-refractivity contribution < 1.29 is 5.11 Å². The monoisotopic (exact) mass is 276 g/mol. The molecule has 1 aliphatic rings.